The molecule has 1 radical (unpaired) electrons. The molecular formula is C8H5ClFO2. The fraction of sp³-hybridized carbons (Fsp3) is 0.125. The molecule has 0 aliphatic heterocycles. The van der Waals surface area contributed by atoms with E-state index in [-0.39, 0.29) is 17.0 Å². The first-order valence-electron chi connectivity index (χ1n) is 3.17. The minimum Gasteiger partial charge on any atom is -0.481 e. The topological polar surface area (TPSA) is 37.3 Å². The lowest BCUT2D eigenvalue weighted by molar-refractivity contribution is -0.136. The monoisotopic (exact) mass is 187 g/mol. The van der Waals surface area contributed by atoms with Crippen molar-refractivity contribution in [1.82, 2.24) is 0 Å². The van der Waals surface area contributed by atoms with Crippen LogP contribution in [0.5, 0.6) is 0 Å². The Hall–Kier alpha value is -1.09. The van der Waals surface area contributed by atoms with E-state index in [9.17, 15) is 9.18 Å². The molecule has 0 saturated carbocycles. The Bertz CT molecular complexity index is 312. The van der Waals surface area contributed by atoms with Crippen LogP contribution in [0.1, 0.15) is 5.56 Å². The lowest BCUT2D eigenvalue weighted by Crippen LogP contribution is -2.01. The molecule has 0 saturated heterocycles. The average Bonchev–Trinajstić information content (AvgIpc) is 1.98. The highest BCUT2D eigenvalue weighted by Crippen LogP contribution is 2.19. The lowest BCUT2D eigenvalue weighted by atomic mass is 10.1. The number of hydrogen-bond donors (Lipinski definition) is 1. The predicted octanol–water partition coefficient (Wildman–Crippen LogP) is 1.91. The number of carbonyl (C=O) groups is 1. The Morgan fingerprint density at radius 2 is 2.42 bits per heavy atom. The molecular weight excluding hydrogens is 183 g/mol. The van der Waals surface area contributed by atoms with E-state index in [1.165, 1.54) is 12.1 Å². The van der Waals surface area contributed by atoms with Crippen molar-refractivity contribution in [3.8, 4) is 0 Å². The van der Waals surface area contributed by atoms with Crippen LogP contribution in [-0.2, 0) is 11.2 Å². The van der Waals surface area contributed by atoms with Gasteiger partial charge in [0.1, 0.15) is 5.82 Å². The number of rotatable bonds is 2. The molecule has 2 nitrogen and oxygen atoms in total. The summed E-state index contributed by atoms with van der Waals surface area (Å²) in [6.45, 7) is 0. The van der Waals surface area contributed by atoms with Crippen molar-refractivity contribution >= 4 is 17.6 Å². The summed E-state index contributed by atoms with van der Waals surface area (Å²) >= 11 is 5.47. The first-order chi connectivity index (χ1) is 5.61. The van der Waals surface area contributed by atoms with Crippen molar-refractivity contribution in [2.45, 2.75) is 6.42 Å². The first kappa shape index (κ1) is 9.00. The number of aliphatic carboxylic acids is 1. The van der Waals surface area contributed by atoms with Crippen molar-refractivity contribution < 1.29 is 14.3 Å². The molecule has 0 atom stereocenters. The summed E-state index contributed by atoms with van der Waals surface area (Å²) < 4.78 is 12.6. The van der Waals surface area contributed by atoms with E-state index in [2.05, 4.69) is 6.07 Å². The van der Waals surface area contributed by atoms with Crippen LogP contribution in [0.15, 0.2) is 12.1 Å². The van der Waals surface area contributed by atoms with E-state index in [1.54, 1.807) is 0 Å². The Morgan fingerprint density at radius 3 is 3.00 bits per heavy atom. The molecule has 4 heteroatoms. The van der Waals surface area contributed by atoms with Gasteiger partial charge in [-0.25, -0.2) is 4.39 Å². The van der Waals surface area contributed by atoms with Crippen molar-refractivity contribution in [2.75, 3.05) is 0 Å². The highest BCUT2D eigenvalue weighted by molar-refractivity contribution is 6.31. The zero-order valence-electron chi connectivity index (χ0n) is 5.97. The average molecular weight is 188 g/mol. The number of hydrogen-bond acceptors (Lipinski definition) is 1. The molecule has 63 valence electrons. The van der Waals surface area contributed by atoms with Gasteiger partial charge in [-0.05, 0) is 5.56 Å². The Kier molecular flexibility index (Phi) is 2.65. The Morgan fingerprint density at radius 1 is 1.75 bits per heavy atom. The van der Waals surface area contributed by atoms with E-state index in [0.29, 0.717) is 0 Å². The summed E-state index contributed by atoms with van der Waals surface area (Å²) in [6.07, 6.45) is -0.273. The first-order valence-corrected chi connectivity index (χ1v) is 3.55. The van der Waals surface area contributed by atoms with E-state index in [4.69, 9.17) is 16.7 Å². The molecule has 0 fully saturated rings. The summed E-state index contributed by atoms with van der Waals surface area (Å²) in [4.78, 5) is 10.2. The number of carboxylic acids is 1. The quantitative estimate of drug-likeness (QED) is 0.768. The van der Waals surface area contributed by atoms with Crippen LogP contribution < -0.4 is 0 Å². The van der Waals surface area contributed by atoms with Crippen molar-refractivity contribution in [3.05, 3.63) is 34.6 Å². The van der Waals surface area contributed by atoms with Crippen LogP contribution in [0.3, 0.4) is 0 Å². The van der Waals surface area contributed by atoms with Crippen molar-refractivity contribution in [2.24, 2.45) is 0 Å². The number of benzene rings is 1. The Labute approximate surface area is 73.6 Å². The van der Waals surface area contributed by atoms with Crippen LogP contribution in [0, 0.1) is 11.9 Å². The van der Waals surface area contributed by atoms with Gasteiger partial charge in [0.2, 0.25) is 0 Å². The fourth-order valence-electron chi connectivity index (χ4n) is 0.792. The zero-order chi connectivity index (χ0) is 9.14. The largest absolute Gasteiger partial charge is 0.481 e. The molecule has 1 aromatic carbocycles. The van der Waals surface area contributed by atoms with Gasteiger partial charge in [-0.15, -0.1) is 0 Å². The highest BCUT2D eigenvalue weighted by Gasteiger charge is 2.08. The van der Waals surface area contributed by atoms with Crippen LogP contribution in [0.25, 0.3) is 0 Å². The fourth-order valence-corrected chi connectivity index (χ4v) is 0.977. The van der Waals surface area contributed by atoms with Crippen LogP contribution in [0.4, 0.5) is 4.39 Å². The zero-order valence-corrected chi connectivity index (χ0v) is 6.73. The van der Waals surface area contributed by atoms with Gasteiger partial charge in [-0.2, -0.15) is 0 Å². The minimum atomic E-state index is -1.04. The molecule has 1 N–H and O–H groups in total. The third-order valence-electron chi connectivity index (χ3n) is 1.31. The molecule has 0 aliphatic carbocycles. The lowest BCUT2D eigenvalue weighted by Gasteiger charge is -1.99. The summed E-state index contributed by atoms with van der Waals surface area (Å²) in [5, 5.41) is 8.22. The number of carboxylic acid groups (broad SMARTS) is 1. The van der Waals surface area contributed by atoms with Gasteiger partial charge in [-0.3, -0.25) is 4.79 Å². The molecule has 0 heterocycles. The third kappa shape index (κ3) is 1.95. The van der Waals surface area contributed by atoms with Crippen molar-refractivity contribution in [1.29, 1.82) is 0 Å². The predicted molar refractivity (Wildman–Crippen MR) is 41.6 cm³/mol. The normalized spacial score (nSPS) is 9.83. The van der Waals surface area contributed by atoms with Gasteiger partial charge in [0, 0.05) is 6.07 Å². The summed E-state index contributed by atoms with van der Waals surface area (Å²) in [5.41, 5.74) is 0.264. The second-order valence-corrected chi connectivity index (χ2v) is 2.58. The highest BCUT2D eigenvalue weighted by atomic mass is 35.5. The molecule has 1 rings (SSSR count). The second-order valence-electron chi connectivity index (χ2n) is 2.20. The standard InChI is InChI=1S/C8H5ClFO2/c9-8-5(4-7(11)12)2-1-3-6(8)10/h1-2H,4H2,(H,11,12). The molecule has 0 amide bonds. The molecule has 0 aliphatic rings. The van der Waals surface area contributed by atoms with Crippen LogP contribution >= 0.6 is 11.6 Å². The van der Waals surface area contributed by atoms with E-state index >= 15 is 0 Å². The van der Waals surface area contributed by atoms with E-state index in [1.807, 2.05) is 0 Å². The second kappa shape index (κ2) is 3.54. The molecule has 0 bridgehead atoms. The maximum Gasteiger partial charge on any atom is 0.307 e. The smallest absolute Gasteiger partial charge is 0.307 e. The van der Waals surface area contributed by atoms with Gasteiger partial charge in [0.05, 0.1) is 11.4 Å². The SMILES string of the molecule is O=C(O)Cc1cc[c]c(F)c1Cl. The molecule has 0 aromatic heterocycles. The van der Waals surface area contributed by atoms with Gasteiger partial charge in [0.15, 0.2) is 0 Å². The van der Waals surface area contributed by atoms with Crippen LogP contribution in [-0.4, -0.2) is 11.1 Å². The Balaban J connectivity index is 3.00. The van der Waals surface area contributed by atoms with Gasteiger partial charge in [0.25, 0.3) is 0 Å². The number of halogens is 2. The molecule has 12 heavy (non-hydrogen) atoms. The molecule has 1 aromatic rings. The van der Waals surface area contributed by atoms with Gasteiger partial charge in [-0.1, -0.05) is 23.7 Å². The summed E-state index contributed by atoms with van der Waals surface area (Å²) in [7, 11) is 0. The molecule has 0 unspecified atom stereocenters. The van der Waals surface area contributed by atoms with Gasteiger partial charge >= 0.3 is 5.97 Å². The maximum atomic E-state index is 12.6. The van der Waals surface area contributed by atoms with E-state index in [0.717, 1.165) is 0 Å². The molecule has 0 spiro atoms. The maximum absolute atomic E-state index is 12.6. The summed E-state index contributed by atoms with van der Waals surface area (Å²) in [5.74, 6) is -1.75. The third-order valence-corrected chi connectivity index (χ3v) is 1.72. The van der Waals surface area contributed by atoms with E-state index < -0.39 is 11.8 Å². The summed E-state index contributed by atoms with van der Waals surface area (Å²) in [6, 6.07) is 4.96. The van der Waals surface area contributed by atoms with Crippen LogP contribution in [0.2, 0.25) is 5.02 Å². The van der Waals surface area contributed by atoms with Crippen molar-refractivity contribution in [3.63, 3.8) is 0 Å². The van der Waals surface area contributed by atoms with Gasteiger partial charge < -0.3 is 5.11 Å². The minimum absolute atomic E-state index is 0.167.